The standard InChI is InChI=1S/C12H17NO2/c1-9-3-4-12-11(7-9)13(2)10(5-6-14)8-15-12/h3-4,7,10,14H,5-6,8H2,1-2H3. The first kappa shape index (κ1) is 10.3. The summed E-state index contributed by atoms with van der Waals surface area (Å²) >= 11 is 0. The molecule has 1 unspecified atom stereocenters. The smallest absolute Gasteiger partial charge is 0.142 e. The number of nitrogens with zero attached hydrogens (tertiary/aromatic N) is 1. The molecule has 0 bridgehead atoms. The van der Waals surface area contributed by atoms with Gasteiger partial charge >= 0.3 is 0 Å². The molecule has 1 atom stereocenters. The lowest BCUT2D eigenvalue weighted by Gasteiger charge is -2.35. The number of benzene rings is 1. The predicted molar refractivity (Wildman–Crippen MR) is 60.6 cm³/mol. The highest BCUT2D eigenvalue weighted by molar-refractivity contribution is 5.61. The Morgan fingerprint density at radius 1 is 1.53 bits per heavy atom. The zero-order chi connectivity index (χ0) is 10.8. The summed E-state index contributed by atoms with van der Waals surface area (Å²) in [6.45, 7) is 2.94. The number of hydrogen-bond acceptors (Lipinski definition) is 3. The minimum atomic E-state index is 0.208. The summed E-state index contributed by atoms with van der Waals surface area (Å²) in [5, 5.41) is 8.96. The van der Waals surface area contributed by atoms with Crippen LogP contribution in [0.4, 0.5) is 5.69 Å². The van der Waals surface area contributed by atoms with E-state index in [-0.39, 0.29) is 12.6 Å². The van der Waals surface area contributed by atoms with E-state index in [2.05, 4.69) is 31.0 Å². The molecule has 1 aliphatic rings. The Balaban J connectivity index is 2.28. The van der Waals surface area contributed by atoms with Gasteiger partial charge in [0.05, 0.1) is 11.7 Å². The third kappa shape index (κ3) is 1.92. The molecular formula is C12H17NO2. The van der Waals surface area contributed by atoms with Crippen molar-refractivity contribution < 1.29 is 9.84 Å². The molecular weight excluding hydrogens is 190 g/mol. The van der Waals surface area contributed by atoms with Gasteiger partial charge in [-0.1, -0.05) is 6.07 Å². The van der Waals surface area contributed by atoms with Crippen LogP contribution in [0.2, 0.25) is 0 Å². The molecule has 82 valence electrons. The molecule has 1 aromatic rings. The lowest BCUT2D eigenvalue weighted by atomic mass is 10.1. The molecule has 0 aromatic heterocycles. The van der Waals surface area contributed by atoms with Gasteiger partial charge in [-0.3, -0.25) is 0 Å². The number of likely N-dealkylation sites (N-methyl/N-ethyl adjacent to an activating group) is 1. The first-order valence-electron chi connectivity index (χ1n) is 5.29. The molecule has 1 N–H and O–H groups in total. The van der Waals surface area contributed by atoms with Crippen LogP contribution in [-0.4, -0.2) is 31.4 Å². The summed E-state index contributed by atoms with van der Waals surface area (Å²) in [6.07, 6.45) is 0.754. The molecule has 0 amide bonds. The molecule has 0 radical (unpaired) electrons. The summed E-state index contributed by atoms with van der Waals surface area (Å²) in [7, 11) is 2.06. The fourth-order valence-electron chi connectivity index (χ4n) is 1.95. The highest BCUT2D eigenvalue weighted by Gasteiger charge is 2.23. The quantitative estimate of drug-likeness (QED) is 0.799. The fraction of sp³-hybridized carbons (Fsp3) is 0.500. The van der Waals surface area contributed by atoms with Crippen molar-refractivity contribution in [1.29, 1.82) is 0 Å². The van der Waals surface area contributed by atoms with Crippen molar-refractivity contribution in [3.05, 3.63) is 23.8 Å². The topological polar surface area (TPSA) is 32.7 Å². The largest absolute Gasteiger partial charge is 0.489 e. The second-order valence-electron chi connectivity index (χ2n) is 4.06. The van der Waals surface area contributed by atoms with E-state index in [1.54, 1.807) is 0 Å². The van der Waals surface area contributed by atoms with Gasteiger partial charge in [0.25, 0.3) is 0 Å². The van der Waals surface area contributed by atoms with E-state index in [0.29, 0.717) is 6.61 Å². The summed E-state index contributed by atoms with van der Waals surface area (Å²) in [5.74, 6) is 0.942. The highest BCUT2D eigenvalue weighted by atomic mass is 16.5. The number of ether oxygens (including phenoxy) is 1. The molecule has 0 aliphatic carbocycles. The summed E-state index contributed by atoms with van der Waals surface area (Å²) < 4.78 is 5.66. The number of aliphatic hydroxyl groups is 1. The van der Waals surface area contributed by atoms with Crippen LogP contribution in [0.3, 0.4) is 0 Å². The van der Waals surface area contributed by atoms with Crippen molar-refractivity contribution in [2.24, 2.45) is 0 Å². The summed E-state index contributed by atoms with van der Waals surface area (Å²) in [6, 6.07) is 6.47. The van der Waals surface area contributed by atoms with Crippen LogP contribution in [0, 0.1) is 6.92 Å². The maximum Gasteiger partial charge on any atom is 0.142 e. The third-order valence-electron chi connectivity index (χ3n) is 2.94. The molecule has 2 rings (SSSR count). The Bertz CT molecular complexity index is 351. The summed E-state index contributed by atoms with van der Waals surface area (Å²) in [5.41, 5.74) is 2.36. The van der Waals surface area contributed by atoms with Crippen LogP contribution in [0.5, 0.6) is 5.75 Å². The Kier molecular flexibility index (Phi) is 2.82. The Morgan fingerprint density at radius 2 is 2.33 bits per heavy atom. The summed E-state index contributed by atoms with van der Waals surface area (Å²) in [4.78, 5) is 2.20. The van der Waals surface area contributed by atoms with Crippen molar-refractivity contribution in [3.63, 3.8) is 0 Å². The Hall–Kier alpha value is -1.22. The fourth-order valence-corrected chi connectivity index (χ4v) is 1.95. The van der Waals surface area contributed by atoms with E-state index >= 15 is 0 Å². The second kappa shape index (κ2) is 4.11. The van der Waals surface area contributed by atoms with Crippen molar-refractivity contribution >= 4 is 5.69 Å². The molecule has 1 aromatic carbocycles. The monoisotopic (exact) mass is 207 g/mol. The van der Waals surface area contributed by atoms with Crippen molar-refractivity contribution in [3.8, 4) is 5.75 Å². The molecule has 15 heavy (non-hydrogen) atoms. The SMILES string of the molecule is Cc1ccc2c(c1)N(C)C(CCO)CO2. The van der Waals surface area contributed by atoms with Crippen LogP contribution >= 0.6 is 0 Å². The lowest BCUT2D eigenvalue weighted by molar-refractivity contribution is 0.219. The van der Waals surface area contributed by atoms with Gasteiger partial charge in [-0.25, -0.2) is 0 Å². The van der Waals surface area contributed by atoms with Gasteiger partial charge in [0.15, 0.2) is 0 Å². The maximum atomic E-state index is 8.96. The molecule has 3 nitrogen and oxygen atoms in total. The lowest BCUT2D eigenvalue weighted by Crippen LogP contribution is -2.40. The number of anilines is 1. The van der Waals surface area contributed by atoms with Gasteiger partial charge in [-0.15, -0.1) is 0 Å². The predicted octanol–water partition coefficient (Wildman–Crippen LogP) is 1.57. The molecule has 0 saturated carbocycles. The normalized spacial score (nSPS) is 19.7. The average Bonchev–Trinajstić information content (AvgIpc) is 2.23. The molecule has 1 heterocycles. The van der Waals surface area contributed by atoms with E-state index in [9.17, 15) is 0 Å². The van der Waals surface area contributed by atoms with Crippen LogP contribution in [-0.2, 0) is 0 Å². The van der Waals surface area contributed by atoms with Gasteiger partial charge in [0, 0.05) is 13.7 Å². The number of rotatable bonds is 2. The minimum absolute atomic E-state index is 0.208. The first-order valence-corrected chi connectivity index (χ1v) is 5.29. The van der Waals surface area contributed by atoms with Crippen LogP contribution < -0.4 is 9.64 Å². The maximum absolute atomic E-state index is 8.96. The molecule has 0 spiro atoms. The Labute approximate surface area is 90.3 Å². The number of fused-ring (bicyclic) bond motifs is 1. The Morgan fingerprint density at radius 3 is 3.07 bits per heavy atom. The van der Waals surface area contributed by atoms with Crippen molar-refractivity contribution in [2.45, 2.75) is 19.4 Å². The third-order valence-corrected chi connectivity index (χ3v) is 2.94. The number of aryl methyl sites for hydroxylation is 1. The molecule has 1 aliphatic heterocycles. The highest BCUT2D eigenvalue weighted by Crippen LogP contribution is 2.34. The van der Waals surface area contributed by atoms with Gasteiger partial charge in [-0.2, -0.15) is 0 Å². The molecule has 3 heteroatoms. The average molecular weight is 207 g/mol. The zero-order valence-electron chi connectivity index (χ0n) is 9.23. The van der Waals surface area contributed by atoms with Gasteiger partial charge < -0.3 is 14.7 Å². The second-order valence-corrected chi connectivity index (χ2v) is 4.06. The van der Waals surface area contributed by atoms with Crippen LogP contribution in [0.1, 0.15) is 12.0 Å². The van der Waals surface area contributed by atoms with Crippen molar-refractivity contribution in [1.82, 2.24) is 0 Å². The van der Waals surface area contributed by atoms with E-state index in [1.165, 1.54) is 5.56 Å². The first-order chi connectivity index (χ1) is 7.22. The molecule has 0 fully saturated rings. The zero-order valence-corrected chi connectivity index (χ0v) is 9.23. The van der Waals surface area contributed by atoms with Gasteiger partial charge in [0.1, 0.15) is 12.4 Å². The van der Waals surface area contributed by atoms with E-state index in [1.807, 2.05) is 6.07 Å². The van der Waals surface area contributed by atoms with E-state index in [0.717, 1.165) is 17.9 Å². The van der Waals surface area contributed by atoms with Crippen LogP contribution in [0.15, 0.2) is 18.2 Å². The molecule has 0 saturated heterocycles. The number of hydrogen-bond donors (Lipinski definition) is 1. The van der Waals surface area contributed by atoms with E-state index in [4.69, 9.17) is 9.84 Å². The van der Waals surface area contributed by atoms with Gasteiger partial charge in [-0.05, 0) is 31.0 Å². The number of aliphatic hydroxyl groups excluding tert-OH is 1. The van der Waals surface area contributed by atoms with Gasteiger partial charge in [0.2, 0.25) is 0 Å². The minimum Gasteiger partial charge on any atom is -0.489 e. The van der Waals surface area contributed by atoms with Crippen molar-refractivity contribution in [2.75, 3.05) is 25.2 Å². The van der Waals surface area contributed by atoms with E-state index < -0.39 is 0 Å². The van der Waals surface area contributed by atoms with Crippen LogP contribution in [0.25, 0.3) is 0 Å².